The molecular formula is C50H66N2O14. The average Bonchev–Trinajstić information content (AvgIpc) is 3.29. The molecule has 0 unspecified atom stereocenters. The Morgan fingerprint density at radius 2 is 0.894 bits per heavy atom. The van der Waals surface area contributed by atoms with E-state index in [1.807, 2.05) is 12.2 Å². The number of hydrogen-bond donors (Lipinski definition) is 0. The normalized spacial score (nSPS) is 7.94. The monoisotopic (exact) mass is 918 g/mol. The average molecular weight is 919 g/mol. The van der Waals surface area contributed by atoms with Gasteiger partial charge in [0.1, 0.15) is 13.2 Å². The third-order valence-electron chi connectivity index (χ3n) is 5.75. The van der Waals surface area contributed by atoms with Gasteiger partial charge in [0.25, 0.3) is 0 Å². The van der Waals surface area contributed by atoms with Gasteiger partial charge in [-0.2, -0.15) is 0 Å². The summed E-state index contributed by atoms with van der Waals surface area (Å²) in [4.78, 5) is 108. The quantitative estimate of drug-likeness (QED) is 0.0208. The lowest BCUT2D eigenvalue weighted by atomic mass is 10.1. The van der Waals surface area contributed by atoms with Gasteiger partial charge in [0.15, 0.2) is 11.6 Å². The number of isocyanates is 2. The van der Waals surface area contributed by atoms with Crippen LogP contribution in [0.4, 0.5) is 0 Å². The van der Waals surface area contributed by atoms with E-state index in [0.29, 0.717) is 11.1 Å². The van der Waals surface area contributed by atoms with Crippen molar-refractivity contribution >= 4 is 65.6 Å². The van der Waals surface area contributed by atoms with E-state index in [2.05, 4.69) is 133 Å². The zero-order chi connectivity index (χ0) is 53.1. The minimum atomic E-state index is -0.764. The molecule has 0 saturated carbocycles. The number of carbonyl (C=O) groups is 8. The first-order valence-electron chi connectivity index (χ1n) is 19.2. The maximum Gasteiger partial charge on any atom is 0.340 e. The molecule has 0 spiro atoms. The van der Waals surface area contributed by atoms with Crippen LogP contribution < -0.4 is 0 Å². The molecule has 16 heteroatoms. The van der Waals surface area contributed by atoms with Crippen LogP contribution >= 0.6 is 0 Å². The van der Waals surface area contributed by atoms with E-state index >= 15 is 0 Å². The zero-order valence-corrected chi connectivity index (χ0v) is 39.7. The number of allylic oxidation sites excluding steroid dienone is 3. The standard InChI is InChI=1S/C10H12.C8H10O3.C7H9NO3.C6H7NO3.C6H6O3.C5H8O.C4H6O.C4H8/c1-3-9-5-7-10(4-2)8-6-9;1-5(2)7(9)11-8(10)6(3)4;1-6(2)7(10)11-4-3-8-5-9;1-2-6(9)10-4-3-7-5-8;1-3-5(7)9-6(8)4-2;1-4(2)5(3)6;1-3-4(2)5;1-3-4-2/h3,5-8H,1,4H2,2H3;1,3H2,2,4H3;1,3-4H2,2H3;2H,1,3-4H2;3-4H,1-2H2;1H2,2-3H3;3H,1H2,2H3;3H,1,4H2,2H3. The molecule has 0 saturated heterocycles. The number of rotatable bonds is 17. The van der Waals surface area contributed by atoms with Gasteiger partial charge in [-0.15, -0.1) is 6.58 Å². The summed E-state index contributed by atoms with van der Waals surface area (Å²) in [5.74, 6) is -3.84. The zero-order valence-electron chi connectivity index (χ0n) is 39.7. The first kappa shape index (κ1) is 72.4. The van der Waals surface area contributed by atoms with Gasteiger partial charge in [-0.05, 0) is 77.2 Å². The van der Waals surface area contributed by atoms with Crippen molar-refractivity contribution in [3.8, 4) is 0 Å². The van der Waals surface area contributed by atoms with Gasteiger partial charge in [0.05, 0.1) is 13.1 Å². The Labute approximate surface area is 389 Å². The first-order valence-corrected chi connectivity index (χ1v) is 19.2. The highest BCUT2D eigenvalue weighted by atomic mass is 16.6. The van der Waals surface area contributed by atoms with E-state index in [4.69, 9.17) is 0 Å². The first-order chi connectivity index (χ1) is 30.8. The van der Waals surface area contributed by atoms with Gasteiger partial charge in [0.2, 0.25) is 12.2 Å². The van der Waals surface area contributed by atoms with Gasteiger partial charge in [-0.3, -0.25) is 9.59 Å². The summed E-state index contributed by atoms with van der Waals surface area (Å²) in [6.45, 7) is 47.0. The third kappa shape index (κ3) is 65.1. The summed E-state index contributed by atoms with van der Waals surface area (Å²) in [6.07, 6.45) is 12.7. The van der Waals surface area contributed by atoms with Gasteiger partial charge >= 0.3 is 35.8 Å². The number of Topliss-reactive ketones (excluding diaryl/α,β-unsaturated/α-hetero) is 1. The van der Waals surface area contributed by atoms with Crippen LogP contribution in [0, 0.1) is 0 Å². The molecule has 0 aliphatic rings. The molecule has 1 aromatic rings. The van der Waals surface area contributed by atoms with Crippen LogP contribution in [0.3, 0.4) is 0 Å². The largest absolute Gasteiger partial charge is 0.461 e. The van der Waals surface area contributed by atoms with Crippen LogP contribution in [0.25, 0.3) is 6.08 Å². The number of hydrogen-bond acceptors (Lipinski definition) is 16. The lowest BCUT2D eigenvalue weighted by Gasteiger charge is -1.99. The molecule has 1 rings (SSSR count). The molecule has 0 fully saturated rings. The molecule has 1 aromatic carbocycles. The number of esters is 6. The van der Waals surface area contributed by atoms with Crippen molar-refractivity contribution in [3.05, 3.63) is 154 Å². The van der Waals surface area contributed by atoms with E-state index in [-0.39, 0.29) is 49.0 Å². The summed E-state index contributed by atoms with van der Waals surface area (Å²) in [6, 6.07) is 8.45. The topological polar surface area (TPSA) is 232 Å². The summed E-state index contributed by atoms with van der Waals surface area (Å²) >= 11 is 0. The molecule has 360 valence electrons. The second kappa shape index (κ2) is 53.1. The van der Waals surface area contributed by atoms with Gasteiger partial charge < -0.3 is 18.9 Å². The fourth-order valence-corrected chi connectivity index (χ4v) is 1.98. The van der Waals surface area contributed by atoms with E-state index in [9.17, 15) is 47.9 Å². The van der Waals surface area contributed by atoms with E-state index in [1.165, 1.54) is 57.1 Å². The Morgan fingerprint density at radius 3 is 1.14 bits per heavy atom. The van der Waals surface area contributed by atoms with Crippen molar-refractivity contribution in [1.82, 2.24) is 0 Å². The molecule has 0 atom stereocenters. The van der Waals surface area contributed by atoms with Crippen molar-refractivity contribution in [2.24, 2.45) is 9.98 Å². The number of carbonyl (C=O) groups excluding carboxylic acids is 10. The van der Waals surface area contributed by atoms with Crippen molar-refractivity contribution in [2.45, 2.75) is 68.2 Å². The molecule has 0 aliphatic carbocycles. The van der Waals surface area contributed by atoms with Crippen LogP contribution in [0.15, 0.2) is 153 Å². The number of ether oxygens (including phenoxy) is 4. The molecule has 0 bridgehead atoms. The molecule has 0 aliphatic heterocycles. The molecule has 0 aromatic heterocycles. The van der Waals surface area contributed by atoms with Crippen molar-refractivity contribution < 1.29 is 66.9 Å². The molecule has 0 radical (unpaired) electrons. The number of aryl methyl sites for hydroxylation is 1. The van der Waals surface area contributed by atoms with Crippen molar-refractivity contribution in [2.75, 3.05) is 26.3 Å². The van der Waals surface area contributed by atoms with Crippen LogP contribution in [-0.4, -0.2) is 85.8 Å². The predicted molar refractivity (Wildman–Crippen MR) is 258 cm³/mol. The summed E-state index contributed by atoms with van der Waals surface area (Å²) in [7, 11) is 0. The fourth-order valence-electron chi connectivity index (χ4n) is 1.98. The number of ketones is 2. The van der Waals surface area contributed by atoms with Crippen LogP contribution in [0.1, 0.15) is 72.9 Å². The summed E-state index contributed by atoms with van der Waals surface area (Å²) in [5, 5.41) is 0. The SMILES string of the molecule is C=C(C)C(=O)OC(=O)C(=C)C.C=C(C)C(=O)OCCN=C=O.C=C(C)C(C)=O.C=CC(=O)OC(=O)C=C.C=CC(=O)OCCN=C=O.C=CC(C)=O.C=CCC.C=Cc1ccc(CC)cc1. The van der Waals surface area contributed by atoms with Gasteiger partial charge in [-0.1, -0.05) is 109 Å². The summed E-state index contributed by atoms with van der Waals surface area (Å²) in [5.41, 5.74) is 3.91. The second-order valence-electron chi connectivity index (χ2n) is 11.8. The van der Waals surface area contributed by atoms with Gasteiger partial charge in [0, 0.05) is 34.9 Å². The minimum Gasteiger partial charge on any atom is -0.461 e. The maximum atomic E-state index is 10.7. The molecule has 16 nitrogen and oxygen atoms in total. The molecule has 66 heavy (non-hydrogen) atoms. The Morgan fingerprint density at radius 1 is 0.545 bits per heavy atom. The number of aliphatic imine (C=N–C) groups is 2. The smallest absolute Gasteiger partial charge is 0.340 e. The van der Waals surface area contributed by atoms with Crippen LogP contribution in [0.5, 0.6) is 0 Å². The number of nitrogens with zero attached hydrogens (tertiary/aromatic N) is 2. The summed E-state index contributed by atoms with van der Waals surface area (Å²) < 4.78 is 17.4. The van der Waals surface area contributed by atoms with Crippen LogP contribution in [0.2, 0.25) is 0 Å². The van der Waals surface area contributed by atoms with E-state index in [0.717, 1.165) is 31.1 Å². The third-order valence-corrected chi connectivity index (χ3v) is 5.75. The van der Waals surface area contributed by atoms with E-state index < -0.39 is 35.8 Å². The maximum absolute atomic E-state index is 10.7. The number of benzene rings is 1. The Hall–Kier alpha value is -8.06. The van der Waals surface area contributed by atoms with E-state index in [1.54, 1.807) is 13.8 Å². The lowest BCUT2D eigenvalue weighted by Crippen LogP contribution is -2.12. The van der Waals surface area contributed by atoms with Crippen molar-refractivity contribution in [3.63, 3.8) is 0 Å². The second-order valence-corrected chi connectivity index (χ2v) is 11.8. The Bertz CT molecular complexity index is 1850. The van der Waals surface area contributed by atoms with Crippen molar-refractivity contribution in [1.29, 1.82) is 0 Å². The molecule has 0 amide bonds. The van der Waals surface area contributed by atoms with Gasteiger partial charge in [-0.25, -0.2) is 48.3 Å². The highest BCUT2D eigenvalue weighted by Crippen LogP contribution is 2.05. The Kier molecular flexibility index (Phi) is 58.2. The fraction of sp³-hybridized carbons (Fsp3) is 0.280. The highest BCUT2D eigenvalue weighted by Gasteiger charge is 2.10. The Balaban J connectivity index is -0.000000123. The molecule has 0 N–H and O–H groups in total. The minimum absolute atomic E-state index is 0.0185. The highest BCUT2D eigenvalue weighted by molar-refractivity contribution is 6.00. The predicted octanol–water partition coefficient (Wildman–Crippen LogP) is 8.52. The molecule has 0 heterocycles. The molecular weight excluding hydrogens is 853 g/mol. The van der Waals surface area contributed by atoms with Crippen LogP contribution in [-0.2, 0) is 73.3 Å². The lowest BCUT2D eigenvalue weighted by molar-refractivity contribution is -0.155.